The van der Waals surface area contributed by atoms with Crippen LogP contribution in [-0.4, -0.2) is 12.6 Å². The van der Waals surface area contributed by atoms with Crippen LogP contribution in [0.2, 0.25) is 0 Å². The van der Waals surface area contributed by atoms with Gasteiger partial charge in [0.1, 0.15) is 5.76 Å². The molecule has 1 atom stereocenters. The number of nitrogens with two attached hydrogens (primary N) is 1. The summed E-state index contributed by atoms with van der Waals surface area (Å²) in [6, 6.07) is 0.0740. The minimum absolute atomic E-state index is 0.0740. The van der Waals surface area contributed by atoms with E-state index in [0.717, 1.165) is 12.2 Å². The van der Waals surface area contributed by atoms with Crippen LogP contribution in [0.4, 0.5) is 0 Å². The van der Waals surface area contributed by atoms with Crippen molar-refractivity contribution in [3.8, 4) is 0 Å². The molecule has 0 unspecified atom stereocenters. The van der Waals surface area contributed by atoms with Crippen LogP contribution in [0.25, 0.3) is 0 Å². The van der Waals surface area contributed by atoms with Crippen LogP contribution < -0.4 is 5.73 Å². The average molecular weight is 143 g/mol. The highest BCUT2D eigenvalue weighted by Gasteiger charge is 2.04. The number of hydrogen-bond donors (Lipinski definition) is 1. The van der Waals surface area contributed by atoms with Crippen molar-refractivity contribution >= 4 is 0 Å². The Morgan fingerprint density at radius 1 is 1.60 bits per heavy atom. The van der Waals surface area contributed by atoms with Crippen molar-refractivity contribution in [3.63, 3.8) is 0 Å². The molecule has 0 aliphatic carbocycles. The van der Waals surface area contributed by atoms with Crippen LogP contribution >= 0.6 is 0 Å². The molecule has 2 nitrogen and oxygen atoms in total. The Morgan fingerprint density at radius 3 is 2.50 bits per heavy atom. The topological polar surface area (TPSA) is 35.2 Å². The Kier molecular flexibility index (Phi) is 5.03. The quantitative estimate of drug-likeness (QED) is 0.607. The highest BCUT2D eigenvalue weighted by atomic mass is 16.5. The zero-order valence-corrected chi connectivity index (χ0v) is 7.05. The van der Waals surface area contributed by atoms with Gasteiger partial charge in [-0.05, 0) is 26.3 Å². The molecule has 2 N–H and O–H groups in total. The molecule has 10 heavy (non-hydrogen) atoms. The van der Waals surface area contributed by atoms with E-state index in [4.69, 9.17) is 10.5 Å². The first-order chi connectivity index (χ1) is 4.76. The van der Waals surface area contributed by atoms with Gasteiger partial charge in [0.05, 0.1) is 12.6 Å². The van der Waals surface area contributed by atoms with Crippen molar-refractivity contribution in [1.82, 2.24) is 0 Å². The number of ether oxygens (including phenoxy) is 1. The van der Waals surface area contributed by atoms with E-state index in [2.05, 4.69) is 0 Å². The summed E-state index contributed by atoms with van der Waals surface area (Å²) in [5.74, 6) is 0.907. The standard InChI is InChI=1S/C8H17NO/c1-4-7(9)8(5-2)10-6-3/h5,7H,4,6,9H2,1-3H3/b8-5-/t7-/m1/s1. The maximum Gasteiger partial charge on any atom is 0.108 e. The number of hydrogen-bond acceptors (Lipinski definition) is 2. The van der Waals surface area contributed by atoms with Crippen molar-refractivity contribution in [2.75, 3.05) is 6.61 Å². The summed E-state index contributed by atoms with van der Waals surface area (Å²) in [6.45, 7) is 6.66. The minimum atomic E-state index is 0.0740. The summed E-state index contributed by atoms with van der Waals surface area (Å²) in [5, 5.41) is 0. The fourth-order valence-corrected chi connectivity index (χ4v) is 0.772. The first-order valence-corrected chi connectivity index (χ1v) is 3.80. The van der Waals surface area contributed by atoms with Gasteiger partial charge in [-0.3, -0.25) is 0 Å². The Hall–Kier alpha value is -0.500. The normalized spacial score (nSPS) is 15.0. The van der Waals surface area contributed by atoms with E-state index in [1.807, 2.05) is 26.8 Å². The van der Waals surface area contributed by atoms with E-state index in [1.54, 1.807) is 0 Å². The molecule has 0 aliphatic heterocycles. The van der Waals surface area contributed by atoms with E-state index in [-0.39, 0.29) is 6.04 Å². The lowest BCUT2D eigenvalue weighted by molar-refractivity contribution is 0.207. The van der Waals surface area contributed by atoms with Gasteiger partial charge in [-0.15, -0.1) is 0 Å². The molecule has 0 aliphatic rings. The lowest BCUT2D eigenvalue weighted by Crippen LogP contribution is -2.22. The van der Waals surface area contributed by atoms with Gasteiger partial charge in [0.2, 0.25) is 0 Å². The maximum absolute atomic E-state index is 5.72. The zero-order chi connectivity index (χ0) is 7.98. The summed E-state index contributed by atoms with van der Waals surface area (Å²) in [5.41, 5.74) is 5.72. The monoisotopic (exact) mass is 143 g/mol. The summed E-state index contributed by atoms with van der Waals surface area (Å²) in [6.07, 6.45) is 2.86. The van der Waals surface area contributed by atoms with Crippen molar-refractivity contribution in [1.29, 1.82) is 0 Å². The number of rotatable bonds is 4. The van der Waals surface area contributed by atoms with Gasteiger partial charge in [-0.25, -0.2) is 0 Å². The summed E-state index contributed by atoms with van der Waals surface area (Å²) in [4.78, 5) is 0. The molecule has 0 saturated heterocycles. The van der Waals surface area contributed by atoms with Gasteiger partial charge in [0.15, 0.2) is 0 Å². The van der Waals surface area contributed by atoms with Crippen molar-refractivity contribution < 1.29 is 4.74 Å². The molecule has 0 aromatic heterocycles. The molecule has 60 valence electrons. The Balaban J connectivity index is 3.82. The Labute approximate surface area is 63.1 Å². The molecule has 0 amide bonds. The van der Waals surface area contributed by atoms with Crippen LogP contribution in [-0.2, 0) is 4.74 Å². The lowest BCUT2D eigenvalue weighted by atomic mass is 10.2. The van der Waals surface area contributed by atoms with Gasteiger partial charge in [-0.2, -0.15) is 0 Å². The third-order valence-corrected chi connectivity index (χ3v) is 1.40. The predicted molar refractivity (Wildman–Crippen MR) is 43.6 cm³/mol. The third-order valence-electron chi connectivity index (χ3n) is 1.40. The second-order valence-corrected chi connectivity index (χ2v) is 2.14. The van der Waals surface area contributed by atoms with Crippen molar-refractivity contribution in [3.05, 3.63) is 11.8 Å². The summed E-state index contributed by atoms with van der Waals surface area (Å²) >= 11 is 0. The lowest BCUT2D eigenvalue weighted by Gasteiger charge is -2.13. The van der Waals surface area contributed by atoms with Gasteiger partial charge >= 0.3 is 0 Å². The largest absolute Gasteiger partial charge is 0.497 e. The molecule has 0 aromatic carbocycles. The minimum Gasteiger partial charge on any atom is -0.497 e. The third kappa shape index (κ3) is 2.87. The Bertz CT molecular complexity index is 110. The van der Waals surface area contributed by atoms with Crippen molar-refractivity contribution in [2.45, 2.75) is 33.2 Å². The molecule has 0 spiro atoms. The molecule has 0 aromatic rings. The highest BCUT2D eigenvalue weighted by molar-refractivity contribution is 4.99. The van der Waals surface area contributed by atoms with E-state index >= 15 is 0 Å². The number of allylic oxidation sites excluding steroid dienone is 1. The summed E-state index contributed by atoms with van der Waals surface area (Å²) < 4.78 is 5.28. The molecule has 2 heteroatoms. The van der Waals surface area contributed by atoms with Crippen molar-refractivity contribution in [2.24, 2.45) is 5.73 Å². The fraction of sp³-hybridized carbons (Fsp3) is 0.750. The molecule has 0 heterocycles. The average Bonchev–Trinajstić information content (AvgIpc) is 1.99. The van der Waals surface area contributed by atoms with Gasteiger partial charge < -0.3 is 10.5 Å². The van der Waals surface area contributed by atoms with E-state index in [9.17, 15) is 0 Å². The molecular formula is C8H17NO. The van der Waals surface area contributed by atoms with Crippen LogP contribution in [0, 0.1) is 0 Å². The maximum atomic E-state index is 5.72. The van der Waals surface area contributed by atoms with E-state index in [1.165, 1.54) is 0 Å². The second kappa shape index (κ2) is 5.30. The van der Waals surface area contributed by atoms with Crippen LogP contribution in [0.15, 0.2) is 11.8 Å². The zero-order valence-electron chi connectivity index (χ0n) is 7.05. The molecular weight excluding hydrogens is 126 g/mol. The van der Waals surface area contributed by atoms with Crippen LogP contribution in [0.3, 0.4) is 0 Å². The molecule has 0 fully saturated rings. The first-order valence-electron chi connectivity index (χ1n) is 3.80. The van der Waals surface area contributed by atoms with E-state index < -0.39 is 0 Å². The van der Waals surface area contributed by atoms with Crippen LogP contribution in [0.5, 0.6) is 0 Å². The fourth-order valence-electron chi connectivity index (χ4n) is 0.772. The summed E-state index contributed by atoms with van der Waals surface area (Å²) in [7, 11) is 0. The van der Waals surface area contributed by atoms with Gasteiger partial charge in [0, 0.05) is 0 Å². The SMILES string of the molecule is C/C=C(\OCC)[C@H](N)CC. The van der Waals surface area contributed by atoms with Gasteiger partial charge in [-0.1, -0.05) is 6.92 Å². The molecule has 0 saturated carbocycles. The Morgan fingerprint density at radius 2 is 2.20 bits per heavy atom. The molecule has 0 radical (unpaired) electrons. The van der Waals surface area contributed by atoms with Crippen LogP contribution in [0.1, 0.15) is 27.2 Å². The predicted octanol–water partition coefficient (Wildman–Crippen LogP) is 1.66. The molecule has 0 bridgehead atoms. The van der Waals surface area contributed by atoms with E-state index in [0.29, 0.717) is 6.61 Å². The molecule has 0 rings (SSSR count). The first kappa shape index (κ1) is 9.50. The second-order valence-electron chi connectivity index (χ2n) is 2.14. The highest BCUT2D eigenvalue weighted by Crippen LogP contribution is 2.04. The smallest absolute Gasteiger partial charge is 0.108 e. The van der Waals surface area contributed by atoms with Gasteiger partial charge in [0.25, 0.3) is 0 Å².